The van der Waals surface area contributed by atoms with Crippen molar-refractivity contribution in [3.05, 3.63) is 59.3 Å². The average molecular weight is 219 g/mol. The average Bonchev–Trinajstić information content (AvgIpc) is 2.78. The molecule has 16 heavy (non-hydrogen) atoms. The van der Waals surface area contributed by atoms with Gasteiger partial charge in [-0.15, -0.1) is 0 Å². The molecule has 1 heterocycles. The summed E-state index contributed by atoms with van der Waals surface area (Å²) in [7, 11) is 1.85. The smallest absolute Gasteiger partial charge is 0.126 e. The molecule has 2 rings (SSSR count). The number of rotatable bonds is 3. The molecule has 0 saturated carbocycles. The highest BCUT2D eigenvalue weighted by Gasteiger charge is 2.15. The number of hydrogen-bond donors (Lipinski definition) is 1. The van der Waals surface area contributed by atoms with Crippen molar-refractivity contribution >= 4 is 0 Å². The maximum Gasteiger partial charge on any atom is 0.126 e. The van der Waals surface area contributed by atoms with Crippen LogP contribution in [0.5, 0.6) is 0 Å². The zero-order chi connectivity index (χ0) is 11.5. The summed E-state index contributed by atoms with van der Waals surface area (Å²) in [5.41, 5.74) is 1.64. The Labute approximate surface area is 94.1 Å². The van der Waals surface area contributed by atoms with E-state index in [9.17, 15) is 4.39 Å². The van der Waals surface area contributed by atoms with Gasteiger partial charge in [-0.1, -0.05) is 12.1 Å². The van der Waals surface area contributed by atoms with Crippen LogP contribution in [0.2, 0.25) is 0 Å². The molecule has 0 saturated heterocycles. The molecule has 0 spiro atoms. The second-order valence-electron chi connectivity index (χ2n) is 3.75. The Morgan fingerprint density at radius 3 is 2.69 bits per heavy atom. The molecule has 0 aliphatic rings. The van der Waals surface area contributed by atoms with Crippen molar-refractivity contribution in [2.75, 3.05) is 7.05 Å². The Hall–Kier alpha value is -1.61. The minimum Gasteiger partial charge on any atom is -0.467 e. The third kappa shape index (κ3) is 1.99. The first-order chi connectivity index (χ1) is 7.72. The van der Waals surface area contributed by atoms with Crippen molar-refractivity contribution in [3.8, 4) is 0 Å². The molecule has 0 aliphatic heterocycles. The van der Waals surface area contributed by atoms with Crippen molar-refractivity contribution in [1.29, 1.82) is 0 Å². The van der Waals surface area contributed by atoms with Gasteiger partial charge in [0.05, 0.1) is 12.3 Å². The molecule has 1 N–H and O–H groups in total. The number of hydrogen-bond acceptors (Lipinski definition) is 2. The van der Waals surface area contributed by atoms with E-state index in [4.69, 9.17) is 4.42 Å². The van der Waals surface area contributed by atoms with Gasteiger partial charge in [0.1, 0.15) is 11.6 Å². The molecule has 0 aliphatic carbocycles. The molecule has 0 bridgehead atoms. The second-order valence-corrected chi connectivity index (χ2v) is 3.75. The lowest BCUT2D eigenvalue weighted by Crippen LogP contribution is -2.17. The summed E-state index contributed by atoms with van der Waals surface area (Å²) in [5, 5.41) is 3.15. The normalized spacial score (nSPS) is 12.7. The van der Waals surface area contributed by atoms with Crippen LogP contribution in [0.25, 0.3) is 0 Å². The molecule has 1 unspecified atom stereocenters. The summed E-state index contributed by atoms with van der Waals surface area (Å²) < 4.78 is 18.5. The lowest BCUT2D eigenvalue weighted by molar-refractivity contribution is 0.463. The van der Waals surface area contributed by atoms with Crippen LogP contribution in [0.3, 0.4) is 0 Å². The van der Waals surface area contributed by atoms with Crippen molar-refractivity contribution in [2.45, 2.75) is 13.0 Å². The number of nitrogens with one attached hydrogen (secondary N) is 1. The first-order valence-electron chi connectivity index (χ1n) is 5.19. The quantitative estimate of drug-likeness (QED) is 0.858. The van der Waals surface area contributed by atoms with Crippen molar-refractivity contribution in [2.24, 2.45) is 0 Å². The fourth-order valence-corrected chi connectivity index (χ4v) is 1.78. The topological polar surface area (TPSA) is 25.2 Å². The van der Waals surface area contributed by atoms with Gasteiger partial charge in [-0.2, -0.15) is 0 Å². The fourth-order valence-electron chi connectivity index (χ4n) is 1.78. The minimum atomic E-state index is -0.182. The van der Waals surface area contributed by atoms with Crippen LogP contribution in [0.1, 0.15) is 22.9 Å². The Morgan fingerprint density at radius 1 is 1.31 bits per heavy atom. The highest BCUT2D eigenvalue weighted by molar-refractivity contribution is 5.30. The maximum atomic E-state index is 13.2. The second kappa shape index (κ2) is 4.49. The van der Waals surface area contributed by atoms with E-state index < -0.39 is 0 Å². The Kier molecular flexibility index (Phi) is 3.06. The summed E-state index contributed by atoms with van der Waals surface area (Å²) in [6.07, 6.45) is 1.63. The Bertz CT molecular complexity index is 465. The van der Waals surface area contributed by atoms with Gasteiger partial charge < -0.3 is 9.73 Å². The molecule has 0 amide bonds. The summed E-state index contributed by atoms with van der Waals surface area (Å²) >= 11 is 0. The number of furan rings is 1. The molecule has 2 nitrogen and oxygen atoms in total. The van der Waals surface area contributed by atoms with Gasteiger partial charge >= 0.3 is 0 Å². The Morgan fingerprint density at radius 2 is 2.12 bits per heavy atom. The predicted octanol–water partition coefficient (Wildman–Crippen LogP) is 3.04. The van der Waals surface area contributed by atoms with Crippen molar-refractivity contribution in [1.82, 2.24) is 5.32 Å². The van der Waals surface area contributed by atoms with E-state index in [-0.39, 0.29) is 11.9 Å². The third-order valence-corrected chi connectivity index (χ3v) is 2.63. The first kappa shape index (κ1) is 10.9. The fraction of sp³-hybridized carbons (Fsp3) is 0.231. The molecule has 2 aromatic rings. The lowest BCUT2D eigenvalue weighted by atomic mass is 10.0. The summed E-state index contributed by atoms with van der Waals surface area (Å²) in [6.45, 7) is 1.76. The molecule has 84 valence electrons. The summed E-state index contributed by atoms with van der Waals surface area (Å²) in [4.78, 5) is 0. The van der Waals surface area contributed by atoms with E-state index in [0.717, 1.165) is 11.3 Å². The standard InChI is InChI=1S/C13H14FNO/c1-9-8-10(5-6-11(9)14)13(15-2)12-4-3-7-16-12/h3-8,13,15H,1-2H3. The van der Waals surface area contributed by atoms with Gasteiger partial charge in [0, 0.05) is 0 Å². The number of benzene rings is 1. The maximum absolute atomic E-state index is 13.2. The van der Waals surface area contributed by atoms with Crippen LogP contribution in [-0.2, 0) is 0 Å². The largest absolute Gasteiger partial charge is 0.467 e. The monoisotopic (exact) mass is 219 g/mol. The van der Waals surface area contributed by atoms with Crippen molar-refractivity contribution < 1.29 is 8.81 Å². The molecule has 1 aromatic carbocycles. The minimum absolute atomic E-state index is 0.0331. The summed E-state index contributed by atoms with van der Waals surface area (Å²) in [5.74, 6) is 0.645. The van der Waals surface area contributed by atoms with Gasteiger partial charge in [0.25, 0.3) is 0 Å². The molecule has 0 fully saturated rings. The first-order valence-corrected chi connectivity index (χ1v) is 5.19. The van der Waals surface area contributed by atoms with Crippen LogP contribution >= 0.6 is 0 Å². The Balaban J connectivity index is 2.37. The predicted molar refractivity (Wildman–Crippen MR) is 60.7 cm³/mol. The SMILES string of the molecule is CNC(c1ccc(F)c(C)c1)c1ccco1. The number of aryl methyl sites for hydroxylation is 1. The van der Waals surface area contributed by atoms with E-state index in [1.165, 1.54) is 6.07 Å². The molecule has 1 aromatic heterocycles. The van der Waals surface area contributed by atoms with E-state index in [2.05, 4.69) is 5.32 Å². The highest BCUT2D eigenvalue weighted by Crippen LogP contribution is 2.23. The van der Waals surface area contributed by atoms with E-state index in [1.807, 2.05) is 25.2 Å². The van der Waals surface area contributed by atoms with Gasteiger partial charge in [-0.25, -0.2) is 4.39 Å². The van der Waals surface area contributed by atoms with Crippen LogP contribution in [0.15, 0.2) is 41.0 Å². The molecule has 3 heteroatoms. The summed E-state index contributed by atoms with van der Waals surface area (Å²) in [6, 6.07) is 8.80. The van der Waals surface area contributed by atoms with Crippen LogP contribution in [-0.4, -0.2) is 7.05 Å². The van der Waals surface area contributed by atoms with Gasteiger partial charge in [0.15, 0.2) is 0 Å². The van der Waals surface area contributed by atoms with Crippen LogP contribution in [0, 0.1) is 12.7 Å². The van der Waals surface area contributed by atoms with E-state index in [0.29, 0.717) is 5.56 Å². The van der Waals surface area contributed by atoms with Gasteiger partial charge in [-0.3, -0.25) is 0 Å². The molecular formula is C13H14FNO. The van der Waals surface area contributed by atoms with E-state index in [1.54, 1.807) is 19.3 Å². The highest BCUT2D eigenvalue weighted by atomic mass is 19.1. The zero-order valence-corrected chi connectivity index (χ0v) is 9.33. The third-order valence-electron chi connectivity index (χ3n) is 2.63. The van der Waals surface area contributed by atoms with Crippen molar-refractivity contribution in [3.63, 3.8) is 0 Å². The molecule has 0 radical (unpaired) electrons. The van der Waals surface area contributed by atoms with Gasteiger partial charge in [-0.05, 0) is 43.3 Å². The van der Waals surface area contributed by atoms with Crippen LogP contribution < -0.4 is 5.32 Å². The lowest BCUT2D eigenvalue weighted by Gasteiger charge is -2.14. The number of halogens is 1. The zero-order valence-electron chi connectivity index (χ0n) is 9.33. The van der Waals surface area contributed by atoms with Crippen LogP contribution in [0.4, 0.5) is 4.39 Å². The van der Waals surface area contributed by atoms with E-state index >= 15 is 0 Å². The molecule has 1 atom stereocenters. The van der Waals surface area contributed by atoms with Gasteiger partial charge in [0.2, 0.25) is 0 Å². The molecular weight excluding hydrogens is 205 g/mol.